The van der Waals surface area contributed by atoms with E-state index in [1.165, 1.54) is 45.3 Å². The molecule has 2 aliphatic rings. The Morgan fingerprint density at radius 3 is 2.88 bits per heavy atom. The highest BCUT2D eigenvalue weighted by Crippen LogP contribution is 2.31. The fraction of sp³-hybridized carbons (Fsp3) is 1.00. The Morgan fingerprint density at radius 2 is 2.19 bits per heavy atom. The summed E-state index contributed by atoms with van der Waals surface area (Å²) in [4.78, 5) is 2.70. The zero-order valence-electron chi connectivity index (χ0n) is 10.7. The summed E-state index contributed by atoms with van der Waals surface area (Å²) in [6, 6.07) is 0.816. The van der Waals surface area contributed by atoms with Gasteiger partial charge in [0.15, 0.2) is 0 Å². The van der Waals surface area contributed by atoms with Crippen LogP contribution in [0.3, 0.4) is 0 Å². The lowest BCUT2D eigenvalue weighted by Gasteiger charge is -2.46. The number of nitrogens with one attached hydrogen (secondary N) is 1. The summed E-state index contributed by atoms with van der Waals surface area (Å²) in [7, 11) is 2.06. The van der Waals surface area contributed by atoms with E-state index in [2.05, 4.69) is 24.2 Å². The maximum absolute atomic E-state index is 5.63. The van der Waals surface area contributed by atoms with Gasteiger partial charge in [0, 0.05) is 19.2 Å². The minimum atomic E-state index is 0.555. The third kappa shape index (κ3) is 2.96. The van der Waals surface area contributed by atoms with Crippen molar-refractivity contribution in [3.63, 3.8) is 0 Å². The van der Waals surface area contributed by atoms with E-state index < -0.39 is 0 Å². The summed E-state index contributed by atoms with van der Waals surface area (Å²) in [6.45, 7) is 6.75. The van der Waals surface area contributed by atoms with Gasteiger partial charge in [0.2, 0.25) is 0 Å². The molecular weight excluding hydrogens is 200 g/mol. The lowest BCUT2D eigenvalue weighted by atomic mass is 9.85. The van der Waals surface area contributed by atoms with Gasteiger partial charge in [-0.25, -0.2) is 0 Å². The Balaban J connectivity index is 1.70. The molecular formula is C13H26N2O. The Kier molecular flexibility index (Phi) is 4.62. The van der Waals surface area contributed by atoms with Crippen LogP contribution in [-0.4, -0.2) is 50.3 Å². The van der Waals surface area contributed by atoms with Gasteiger partial charge < -0.3 is 10.1 Å². The van der Waals surface area contributed by atoms with E-state index in [4.69, 9.17) is 4.74 Å². The summed E-state index contributed by atoms with van der Waals surface area (Å²) < 4.78 is 5.63. The molecule has 1 aliphatic carbocycles. The highest BCUT2D eigenvalue weighted by Gasteiger charge is 2.35. The molecule has 3 nitrogen and oxygen atoms in total. The van der Waals surface area contributed by atoms with E-state index in [9.17, 15) is 0 Å². The minimum Gasteiger partial charge on any atom is -0.378 e. The second-order valence-corrected chi connectivity index (χ2v) is 5.26. The van der Waals surface area contributed by atoms with Crippen molar-refractivity contribution in [2.75, 3.05) is 33.3 Å². The molecule has 0 bridgehead atoms. The molecule has 16 heavy (non-hydrogen) atoms. The molecule has 3 heteroatoms. The predicted molar refractivity (Wildman–Crippen MR) is 66.7 cm³/mol. The molecule has 94 valence electrons. The molecule has 0 aromatic carbocycles. The summed E-state index contributed by atoms with van der Waals surface area (Å²) in [5, 5.41) is 3.31. The Bertz CT molecular complexity index is 202. The zero-order valence-corrected chi connectivity index (χ0v) is 10.7. The van der Waals surface area contributed by atoms with Gasteiger partial charge in [-0.3, -0.25) is 4.90 Å². The highest BCUT2D eigenvalue weighted by atomic mass is 16.5. The SMILES string of the molecule is CCOC1CC(N2CCCC(CNC)C2)C1. The van der Waals surface area contributed by atoms with Crippen LogP contribution in [0.15, 0.2) is 0 Å². The molecule has 0 spiro atoms. The summed E-state index contributed by atoms with van der Waals surface area (Å²) >= 11 is 0. The fourth-order valence-corrected chi connectivity index (χ4v) is 3.09. The number of likely N-dealkylation sites (tertiary alicyclic amines) is 1. The van der Waals surface area contributed by atoms with Crippen LogP contribution in [0.2, 0.25) is 0 Å². The van der Waals surface area contributed by atoms with Crippen molar-refractivity contribution in [1.29, 1.82) is 0 Å². The molecule has 1 aliphatic heterocycles. The molecule has 1 N–H and O–H groups in total. The number of hydrogen-bond acceptors (Lipinski definition) is 3. The van der Waals surface area contributed by atoms with Crippen LogP contribution in [0.25, 0.3) is 0 Å². The molecule has 0 radical (unpaired) electrons. The molecule has 1 saturated heterocycles. The summed E-state index contributed by atoms with van der Waals surface area (Å²) in [5.74, 6) is 0.866. The van der Waals surface area contributed by atoms with Crippen molar-refractivity contribution in [2.45, 2.75) is 44.8 Å². The maximum atomic E-state index is 5.63. The monoisotopic (exact) mass is 226 g/mol. The van der Waals surface area contributed by atoms with Crippen molar-refractivity contribution in [1.82, 2.24) is 10.2 Å². The van der Waals surface area contributed by atoms with Crippen molar-refractivity contribution in [3.05, 3.63) is 0 Å². The molecule has 1 saturated carbocycles. The van der Waals surface area contributed by atoms with E-state index in [1.807, 2.05) is 0 Å². The third-order valence-corrected chi connectivity index (χ3v) is 4.03. The van der Waals surface area contributed by atoms with Gasteiger partial charge in [0.25, 0.3) is 0 Å². The highest BCUT2D eigenvalue weighted by molar-refractivity contribution is 4.90. The fourth-order valence-electron chi connectivity index (χ4n) is 3.09. The maximum Gasteiger partial charge on any atom is 0.0604 e. The number of piperidine rings is 1. The average molecular weight is 226 g/mol. The van der Waals surface area contributed by atoms with Gasteiger partial charge >= 0.3 is 0 Å². The largest absolute Gasteiger partial charge is 0.378 e. The van der Waals surface area contributed by atoms with E-state index in [0.717, 1.165) is 18.6 Å². The summed E-state index contributed by atoms with van der Waals surface area (Å²) in [5.41, 5.74) is 0. The molecule has 2 rings (SSSR count). The van der Waals surface area contributed by atoms with Crippen molar-refractivity contribution >= 4 is 0 Å². The van der Waals surface area contributed by atoms with Crippen LogP contribution in [-0.2, 0) is 4.74 Å². The molecule has 0 aromatic heterocycles. The molecule has 1 atom stereocenters. The normalized spacial score (nSPS) is 36.0. The van der Waals surface area contributed by atoms with Crippen LogP contribution >= 0.6 is 0 Å². The van der Waals surface area contributed by atoms with Crippen LogP contribution in [0, 0.1) is 5.92 Å². The zero-order chi connectivity index (χ0) is 11.4. The first-order chi connectivity index (χ1) is 7.83. The smallest absolute Gasteiger partial charge is 0.0604 e. The van der Waals surface area contributed by atoms with Crippen molar-refractivity contribution in [2.24, 2.45) is 5.92 Å². The summed E-state index contributed by atoms with van der Waals surface area (Å²) in [6.07, 6.45) is 5.86. The second kappa shape index (κ2) is 5.99. The Morgan fingerprint density at radius 1 is 1.38 bits per heavy atom. The van der Waals surface area contributed by atoms with Gasteiger partial charge in [-0.1, -0.05) is 0 Å². The lowest BCUT2D eigenvalue weighted by Crippen LogP contribution is -2.52. The predicted octanol–water partition coefficient (Wildman–Crippen LogP) is 1.49. The standard InChI is InChI=1S/C13H26N2O/c1-3-16-13-7-12(8-13)15-6-4-5-11(10-15)9-14-2/h11-14H,3-10H2,1-2H3. The van der Waals surface area contributed by atoms with Crippen LogP contribution in [0.1, 0.15) is 32.6 Å². The molecule has 1 heterocycles. The van der Waals surface area contributed by atoms with E-state index in [0.29, 0.717) is 6.10 Å². The first kappa shape index (κ1) is 12.3. The van der Waals surface area contributed by atoms with E-state index >= 15 is 0 Å². The Labute approximate surface area is 99.5 Å². The van der Waals surface area contributed by atoms with Crippen LogP contribution < -0.4 is 5.32 Å². The second-order valence-electron chi connectivity index (χ2n) is 5.26. The van der Waals surface area contributed by atoms with Gasteiger partial charge in [-0.15, -0.1) is 0 Å². The van der Waals surface area contributed by atoms with Crippen molar-refractivity contribution in [3.8, 4) is 0 Å². The quantitative estimate of drug-likeness (QED) is 0.768. The molecule has 2 fully saturated rings. The topological polar surface area (TPSA) is 24.5 Å². The van der Waals surface area contributed by atoms with Crippen molar-refractivity contribution < 1.29 is 4.74 Å². The Hall–Kier alpha value is -0.120. The minimum absolute atomic E-state index is 0.555. The number of hydrogen-bond donors (Lipinski definition) is 1. The van der Waals surface area contributed by atoms with Gasteiger partial charge in [0.05, 0.1) is 6.10 Å². The lowest BCUT2D eigenvalue weighted by molar-refractivity contribution is -0.0553. The van der Waals surface area contributed by atoms with Crippen LogP contribution in [0.5, 0.6) is 0 Å². The number of ether oxygens (including phenoxy) is 1. The van der Waals surface area contributed by atoms with E-state index in [1.54, 1.807) is 0 Å². The first-order valence-electron chi connectivity index (χ1n) is 6.83. The molecule has 0 amide bonds. The number of nitrogens with zero attached hydrogens (tertiary/aromatic N) is 1. The van der Waals surface area contributed by atoms with Crippen LogP contribution in [0.4, 0.5) is 0 Å². The first-order valence-corrected chi connectivity index (χ1v) is 6.83. The van der Waals surface area contributed by atoms with E-state index in [-0.39, 0.29) is 0 Å². The molecule has 0 aromatic rings. The molecule has 1 unspecified atom stereocenters. The average Bonchev–Trinajstić information content (AvgIpc) is 2.24. The number of rotatable bonds is 5. The van der Waals surface area contributed by atoms with Gasteiger partial charge in [-0.05, 0) is 58.7 Å². The van der Waals surface area contributed by atoms with Gasteiger partial charge in [0.1, 0.15) is 0 Å². The van der Waals surface area contributed by atoms with Gasteiger partial charge in [-0.2, -0.15) is 0 Å². The third-order valence-electron chi connectivity index (χ3n) is 4.03.